The topological polar surface area (TPSA) is 118 Å². The summed E-state index contributed by atoms with van der Waals surface area (Å²) in [5, 5.41) is 19.0. The first-order chi connectivity index (χ1) is 20.9. The van der Waals surface area contributed by atoms with Gasteiger partial charge < -0.3 is 19.6 Å². The Labute approximate surface area is 261 Å². The largest absolute Gasteiger partial charge is 0.461 e. The van der Waals surface area contributed by atoms with E-state index in [0.29, 0.717) is 17.5 Å². The maximum Gasteiger partial charge on any atom is 0.311 e. The minimum absolute atomic E-state index is 0.0297. The number of esters is 1. The number of benzene rings is 2. The summed E-state index contributed by atoms with van der Waals surface area (Å²) in [4.78, 5) is 45.9. The quantitative estimate of drug-likeness (QED) is 0.188. The van der Waals surface area contributed by atoms with Gasteiger partial charge in [0.1, 0.15) is 24.8 Å². The number of likely N-dealkylation sites (tertiary alicyclic amines) is 1. The number of carbonyl (C=O) groups excluding carboxylic acids is 3. The van der Waals surface area contributed by atoms with E-state index in [1.54, 1.807) is 15.7 Å². The number of rotatable bonds is 11. The zero-order valence-corrected chi connectivity index (χ0v) is 25.8. The fourth-order valence-corrected chi connectivity index (χ4v) is 10.5. The number of aromatic nitrogens is 3. The van der Waals surface area contributed by atoms with Crippen LogP contribution in [0.4, 0.5) is 0 Å². The Morgan fingerprint density at radius 3 is 2.65 bits per heavy atom. The SMILES string of the molecule is C=CCOC(=O)[C@H]1[C@H]2C(=O)N([C@H](CO)c3ccccc3)C(C(=O)N(CC=C)Cn3nnc4ccccc43)C23CC(Br)[C@@H]1S3. The number of hydrogen-bond acceptors (Lipinski definition) is 8. The normalized spacial score (nSPS) is 28.1. The van der Waals surface area contributed by atoms with Crippen LogP contribution >= 0.6 is 27.7 Å². The molecule has 2 bridgehead atoms. The minimum atomic E-state index is -0.968. The van der Waals surface area contributed by atoms with Crippen LogP contribution in [0.2, 0.25) is 0 Å². The smallest absolute Gasteiger partial charge is 0.311 e. The van der Waals surface area contributed by atoms with Gasteiger partial charge in [0.15, 0.2) is 0 Å². The lowest BCUT2D eigenvalue weighted by Gasteiger charge is -2.40. The second-order valence-electron chi connectivity index (χ2n) is 11.0. The van der Waals surface area contributed by atoms with E-state index in [1.807, 2.05) is 54.6 Å². The highest BCUT2D eigenvalue weighted by molar-refractivity contribution is 9.09. The lowest BCUT2D eigenvalue weighted by molar-refractivity contribution is -0.153. The summed E-state index contributed by atoms with van der Waals surface area (Å²) < 4.78 is 6.22. The van der Waals surface area contributed by atoms with Crippen LogP contribution in [0.3, 0.4) is 0 Å². The number of nitrogens with zero attached hydrogens (tertiary/aromatic N) is 5. The van der Waals surface area contributed by atoms with Crippen molar-refractivity contribution in [1.82, 2.24) is 24.8 Å². The first kappa shape index (κ1) is 29.6. The molecular formula is C31H32BrN5O5S. The van der Waals surface area contributed by atoms with Gasteiger partial charge in [0.05, 0.1) is 34.7 Å². The van der Waals surface area contributed by atoms with Gasteiger partial charge in [0.2, 0.25) is 11.8 Å². The predicted molar refractivity (Wildman–Crippen MR) is 166 cm³/mol. The highest BCUT2D eigenvalue weighted by Gasteiger charge is 2.76. The van der Waals surface area contributed by atoms with Gasteiger partial charge in [0.25, 0.3) is 0 Å². The highest BCUT2D eigenvalue weighted by atomic mass is 79.9. The van der Waals surface area contributed by atoms with Gasteiger partial charge in [-0.3, -0.25) is 14.4 Å². The standard InChI is InChI=1S/C31H32BrN5O5S/c1-3-14-35(18-36-22-13-9-8-12-21(22)33-34-36)29(40)27-31-16-20(32)26(43-31)24(30(41)42-15-4-2)25(31)28(39)37(27)23(17-38)19-10-6-5-7-11-19/h3-13,20,23-27,38H,1-2,14-18H2/t20?,23-,24+,25+,26+,27?,31?/m1/s1. The lowest BCUT2D eigenvalue weighted by Crippen LogP contribution is -2.56. The number of ether oxygens (including phenoxy) is 1. The fourth-order valence-electron chi connectivity index (χ4n) is 6.95. The Morgan fingerprint density at radius 1 is 1.19 bits per heavy atom. The summed E-state index contributed by atoms with van der Waals surface area (Å²) in [6.45, 7) is 7.43. The van der Waals surface area contributed by atoms with Gasteiger partial charge in [-0.2, -0.15) is 0 Å². The molecule has 1 N–H and O–H groups in total. The second-order valence-corrected chi connectivity index (χ2v) is 13.7. The minimum Gasteiger partial charge on any atom is -0.461 e. The third-order valence-corrected chi connectivity index (χ3v) is 11.9. The van der Waals surface area contributed by atoms with Crippen molar-refractivity contribution in [1.29, 1.82) is 0 Å². The molecule has 3 unspecified atom stereocenters. The number of aliphatic hydroxyl groups excluding tert-OH is 1. The molecule has 2 amide bonds. The Kier molecular flexibility index (Phi) is 8.18. The average Bonchev–Trinajstić information content (AvgIpc) is 3.74. The summed E-state index contributed by atoms with van der Waals surface area (Å²) in [5.74, 6) is -2.66. The van der Waals surface area contributed by atoms with Gasteiger partial charge in [-0.15, -0.1) is 23.4 Å². The number of fused-ring (bicyclic) bond motifs is 2. The Morgan fingerprint density at radius 2 is 1.93 bits per heavy atom. The Balaban J connectivity index is 1.45. The first-order valence-electron chi connectivity index (χ1n) is 14.1. The van der Waals surface area contributed by atoms with Crippen LogP contribution < -0.4 is 0 Å². The van der Waals surface area contributed by atoms with E-state index < -0.39 is 41.2 Å². The van der Waals surface area contributed by atoms with Crippen molar-refractivity contribution in [2.24, 2.45) is 11.8 Å². The molecule has 7 atom stereocenters. The molecule has 224 valence electrons. The van der Waals surface area contributed by atoms with Crippen molar-refractivity contribution in [3.8, 4) is 0 Å². The van der Waals surface area contributed by atoms with Crippen LogP contribution in [0.25, 0.3) is 11.0 Å². The number of thioether (sulfide) groups is 1. The molecule has 4 heterocycles. The molecule has 12 heteroatoms. The molecule has 0 saturated carbocycles. The van der Waals surface area contributed by atoms with Crippen molar-refractivity contribution in [3.63, 3.8) is 0 Å². The van der Waals surface area contributed by atoms with Gasteiger partial charge in [-0.1, -0.05) is 82.3 Å². The van der Waals surface area contributed by atoms with E-state index in [0.717, 1.165) is 5.52 Å². The summed E-state index contributed by atoms with van der Waals surface area (Å²) >= 11 is 5.29. The molecule has 3 aliphatic heterocycles. The maximum atomic E-state index is 14.9. The number of aliphatic hydroxyl groups is 1. The van der Waals surface area contributed by atoms with Crippen LogP contribution in [0.15, 0.2) is 79.9 Å². The maximum absolute atomic E-state index is 14.9. The first-order valence-corrected chi connectivity index (χ1v) is 15.9. The lowest BCUT2D eigenvalue weighted by atomic mass is 9.71. The monoisotopic (exact) mass is 665 g/mol. The fraction of sp³-hybridized carbons (Fsp3) is 0.387. The van der Waals surface area contributed by atoms with E-state index >= 15 is 0 Å². The molecule has 6 rings (SSSR count). The average molecular weight is 667 g/mol. The van der Waals surface area contributed by atoms with E-state index in [1.165, 1.54) is 22.7 Å². The molecule has 0 radical (unpaired) electrons. The van der Waals surface area contributed by atoms with Gasteiger partial charge in [0, 0.05) is 16.6 Å². The number of carbonyl (C=O) groups is 3. The number of halogens is 1. The second kappa shape index (κ2) is 11.9. The van der Waals surface area contributed by atoms with Crippen LogP contribution in [0, 0.1) is 11.8 Å². The Hall–Kier alpha value is -3.48. The van der Waals surface area contributed by atoms with E-state index in [4.69, 9.17) is 4.74 Å². The van der Waals surface area contributed by atoms with Crippen molar-refractivity contribution >= 4 is 56.5 Å². The molecule has 10 nitrogen and oxygen atoms in total. The summed E-state index contributed by atoms with van der Waals surface area (Å²) in [6, 6.07) is 14.9. The highest BCUT2D eigenvalue weighted by Crippen LogP contribution is 2.68. The molecular weight excluding hydrogens is 634 g/mol. The summed E-state index contributed by atoms with van der Waals surface area (Å²) in [6.07, 6.45) is 3.63. The van der Waals surface area contributed by atoms with Crippen LogP contribution in [0.1, 0.15) is 18.0 Å². The molecule has 1 aromatic heterocycles. The van der Waals surface area contributed by atoms with Crippen LogP contribution in [0.5, 0.6) is 0 Å². The molecule has 1 spiro atoms. The number of alkyl halides is 1. The number of amides is 2. The van der Waals surface area contributed by atoms with Crippen molar-refractivity contribution in [2.45, 2.75) is 40.0 Å². The molecule has 3 saturated heterocycles. The van der Waals surface area contributed by atoms with E-state index in [2.05, 4.69) is 39.4 Å². The number of hydrogen-bond donors (Lipinski definition) is 1. The van der Waals surface area contributed by atoms with Gasteiger partial charge in [-0.05, 0) is 24.1 Å². The zero-order valence-electron chi connectivity index (χ0n) is 23.4. The van der Waals surface area contributed by atoms with Crippen LogP contribution in [-0.4, -0.2) is 88.3 Å². The van der Waals surface area contributed by atoms with Crippen molar-refractivity contribution < 1.29 is 24.2 Å². The van der Waals surface area contributed by atoms with Gasteiger partial charge >= 0.3 is 5.97 Å². The third-order valence-electron chi connectivity index (χ3n) is 8.66. The molecule has 0 aliphatic carbocycles. The van der Waals surface area contributed by atoms with Crippen molar-refractivity contribution in [3.05, 3.63) is 85.5 Å². The third kappa shape index (κ3) is 4.79. The van der Waals surface area contributed by atoms with E-state index in [9.17, 15) is 19.5 Å². The molecule has 43 heavy (non-hydrogen) atoms. The summed E-state index contributed by atoms with van der Waals surface area (Å²) in [5.41, 5.74) is 2.16. The molecule has 3 aromatic rings. The zero-order chi connectivity index (χ0) is 30.3. The van der Waals surface area contributed by atoms with Gasteiger partial charge in [-0.25, -0.2) is 4.68 Å². The molecule has 3 fully saturated rings. The number of para-hydroxylation sites is 1. The Bertz CT molecular complexity index is 1570. The predicted octanol–water partition coefficient (Wildman–Crippen LogP) is 3.33. The molecule has 3 aliphatic rings. The van der Waals surface area contributed by atoms with Crippen molar-refractivity contribution in [2.75, 3.05) is 19.8 Å². The van der Waals surface area contributed by atoms with Crippen LogP contribution in [-0.2, 0) is 25.8 Å². The van der Waals surface area contributed by atoms with E-state index in [-0.39, 0.29) is 41.7 Å². The summed E-state index contributed by atoms with van der Waals surface area (Å²) in [7, 11) is 0. The molecule has 2 aromatic carbocycles.